The summed E-state index contributed by atoms with van der Waals surface area (Å²) in [6, 6.07) is 13.1. The normalized spacial score (nSPS) is 18.2. The number of piperazine rings is 1. The van der Waals surface area contributed by atoms with Crippen molar-refractivity contribution >= 4 is 11.8 Å². The number of carbonyl (C=O) groups excluding carboxylic acids is 2. The maximum atomic E-state index is 13.1. The van der Waals surface area contributed by atoms with E-state index in [1.807, 2.05) is 35.2 Å². The van der Waals surface area contributed by atoms with Crippen LogP contribution in [0.2, 0.25) is 0 Å². The Labute approximate surface area is 182 Å². The molecule has 0 unspecified atom stereocenters. The summed E-state index contributed by atoms with van der Waals surface area (Å²) in [4.78, 5) is 44.7. The minimum atomic E-state index is -0.271. The summed E-state index contributed by atoms with van der Waals surface area (Å²) >= 11 is 0. The Morgan fingerprint density at radius 3 is 2.23 bits per heavy atom. The van der Waals surface area contributed by atoms with Crippen molar-refractivity contribution in [3.8, 4) is 0 Å². The molecule has 31 heavy (non-hydrogen) atoms. The van der Waals surface area contributed by atoms with E-state index in [9.17, 15) is 14.4 Å². The molecule has 2 saturated heterocycles. The van der Waals surface area contributed by atoms with Gasteiger partial charge in [0.15, 0.2) is 0 Å². The second-order valence-corrected chi connectivity index (χ2v) is 8.54. The Morgan fingerprint density at radius 2 is 1.55 bits per heavy atom. The first-order valence-corrected chi connectivity index (χ1v) is 11.0. The van der Waals surface area contributed by atoms with Gasteiger partial charge in [-0.05, 0) is 37.6 Å². The fraction of sp³-hybridized carbons (Fsp3) is 0.458. The molecule has 2 fully saturated rings. The highest BCUT2D eigenvalue weighted by Crippen LogP contribution is 2.21. The molecular formula is C24H30N4O3. The van der Waals surface area contributed by atoms with Gasteiger partial charge in [-0.2, -0.15) is 0 Å². The van der Waals surface area contributed by atoms with Crippen LogP contribution in [-0.4, -0.2) is 77.4 Å². The van der Waals surface area contributed by atoms with E-state index in [2.05, 4.69) is 11.9 Å². The van der Waals surface area contributed by atoms with E-state index < -0.39 is 0 Å². The zero-order valence-corrected chi connectivity index (χ0v) is 18.1. The number of amides is 2. The quantitative estimate of drug-likeness (QED) is 0.750. The first kappa shape index (κ1) is 21.3. The summed E-state index contributed by atoms with van der Waals surface area (Å²) in [6.07, 6.45) is 3.02. The van der Waals surface area contributed by atoms with Crippen LogP contribution in [0.15, 0.2) is 53.5 Å². The lowest BCUT2D eigenvalue weighted by Gasteiger charge is -2.37. The molecule has 7 heteroatoms. The molecule has 2 amide bonds. The molecule has 1 aromatic heterocycles. The number of rotatable bonds is 4. The first-order chi connectivity index (χ1) is 15.0. The van der Waals surface area contributed by atoms with Crippen LogP contribution in [0.25, 0.3) is 0 Å². The van der Waals surface area contributed by atoms with E-state index in [1.165, 1.54) is 0 Å². The van der Waals surface area contributed by atoms with Gasteiger partial charge in [0.05, 0.1) is 6.54 Å². The van der Waals surface area contributed by atoms with E-state index in [4.69, 9.17) is 0 Å². The van der Waals surface area contributed by atoms with Crippen molar-refractivity contribution in [1.29, 1.82) is 0 Å². The Kier molecular flexibility index (Phi) is 6.51. The van der Waals surface area contributed by atoms with Crippen LogP contribution < -0.4 is 5.56 Å². The Hall–Kier alpha value is -2.93. The molecule has 0 atom stereocenters. The number of likely N-dealkylation sites (N-methyl/N-ethyl adjacent to an activating group) is 1. The third kappa shape index (κ3) is 4.88. The van der Waals surface area contributed by atoms with Gasteiger partial charge in [0, 0.05) is 51.4 Å². The molecule has 0 spiro atoms. The van der Waals surface area contributed by atoms with Crippen LogP contribution in [0.5, 0.6) is 0 Å². The largest absolute Gasteiger partial charge is 0.340 e. The molecule has 4 rings (SSSR count). The maximum absolute atomic E-state index is 13.1. The predicted molar refractivity (Wildman–Crippen MR) is 119 cm³/mol. The zero-order chi connectivity index (χ0) is 21.8. The van der Waals surface area contributed by atoms with Crippen LogP contribution in [0.4, 0.5) is 0 Å². The summed E-state index contributed by atoms with van der Waals surface area (Å²) in [5.41, 5.74) is 0.937. The highest BCUT2D eigenvalue weighted by molar-refractivity contribution is 5.94. The molecule has 0 radical (unpaired) electrons. The number of hydrogen-bond acceptors (Lipinski definition) is 4. The van der Waals surface area contributed by atoms with Crippen molar-refractivity contribution in [1.82, 2.24) is 19.3 Å². The van der Waals surface area contributed by atoms with Crippen LogP contribution in [-0.2, 0) is 11.3 Å². The minimum Gasteiger partial charge on any atom is -0.340 e. The average molecular weight is 423 g/mol. The third-order valence-corrected chi connectivity index (χ3v) is 6.39. The van der Waals surface area contributed by atoms with Crippen molar-refractivity contribution in [2.24, 2.45) is 5.92 Å². The molecule has 164 valence electrons. The SMILES string of the molecule is CN1CCN(C(=O)C2CCN(C(=O)c3cccn(Cc4ccccc4)c3=O)CC2)CC1. The van der Waals surface area contributed by atoms with Crippen LogP contribution in [0.1, 0.15) is 28.8 Å². The lowest BCUT2D eigenvalue weighted by atomic mass is 9.94. The molecule has 2 aliphatic rings. The average Bonchev–Trinajstić information content (AvgIpc) is 2.81. The summed E-state index contributed by atoms with van der Waals surface area (Å²) in [6.45, 7) is 4.83. The first-order valence-electron chi connectivity index (χ1n) is 11.0. The Morgan fingerprint density at radius 1 is 0.871 bits per heavy atom. The van der Waals surface area contributed by atoms with E-state index in [1.54, 1.807) is 27.8 Å². The summed E-state index contributed by atoms with van der Waals surface area (Å²) < 4.78 is 1.58. The zero-order valence-electron chi connectivity index (χ0n) is 18.1. The second-order valence-electron chi connectivity index (χ2n) is 8.54. The lowest BCUT2D eigenvalue weighted by molar-refractivity contribution is -0.138. The van der Waals surface area contributed by atoms with Gasteiger partial charge < -0.3 is 19.3 Å². The lowest BCUT2D eigenvalue weighted by Crippen LogP contribution is -2.51. The second kappa shape index (κ2) is 9.47. The molecule has 3 heterocycles. The van der Waals surface area contributed by atoms with Gasteiger partial charge in [0.1, 0.15) is 5.56 Å². The molecule has 0 bridgehead atoms. The standard InChI is InChI=1S/C24H30N4O3/c1-25-14-16-27(17-15-25)22(29)20-9-12-26(13-10-20)23(30)21-8-5-11-28(24(21)31)18-19-6-3-2-4-7-19/h2-8,11,20H,9-10,12-18H2,1H3. The molecule has 0 N–H and O–H groups in total. The van der Waals surface area contributed by atoms with E-state index in [0.717, 1.165) is 31.7 Å². The van der Waals surface area contributed by atoms with Crippen molar-refractivity contribution in [3.05, 3.63) is 70.1 Å². The minimum absolute atomic E-state index is 0.0297. The molecule has 0 aliphatic carbocycles. The highest BCUT2D eigenvalue weighted by Gasteiger charge is 2.32. The number of benzene rings is 1. The van der Waals surface area contributed by atoms with Crippen LogP contribution >= 0.6 is 0 Å². The van der Waals surface area contributed by atoms with Crippen molar-refractivity contribution in [3.63, 3.8) is 0 Å². The maximum Gasteiger partial charge on any atom is 0.263 e. The molecule has 1 aromatic carbocycles. The Balaban J connectivity index is 1.38. The number of likely N-dealkylation sites (tertiary alicyclic amines) is 1. The molecule has 2 aromatic rings. The monoisotopic (exact) mass is 422 g/mol. The van der Waals surface area contributed by atoms with E-state index in [-0.39, 0.29) is 28.9 Å². The smallest absolute Gasteiger partial charge is 0.263 e. The van der Waals surface area contributed by atoms with Crippen LogP contribution in [0.3, 0.4) is 0 Å². The van der Waals surface area contributed by atoms with Gasteiger partial charge in [-0.15, -0.1) is 0 Å². The number of nitrogens with zero attached hydrogens (tertiary/aromatic N) is 4. The third-order valence-electron chi connectivity index (χ3n) is 6.39. The number of aromatic nitrogens is 1. The number of pyridine rings is 1. The topological polar surface area (TPSA) is 65.9 Å². The van der Waals surface area contributed by atoms with Gasteiger partial charge in [0.25, 0.3) is 11.5 Å². The van der Waals surface area contributed by atoms with Gasteiger partial charge in [0.2, 0.25) is 5.91 Å². The highest BCUT2D eigenvalue weighted by atomic mass is 16.2. The van der Waals surface area contributed by atoms with Crippen molar-refractivity contribution in [2.45, 2.75) is 19.4 Å². The number of hydrogen-bond donors (Lipinski definition) is 0. The molecular weight excluding hydrogens is 392 g/mol. The Bertz CT molecular complexity index is 972. The molecule has 2 aliphatic heterocycles. The van der Waals surface area contributed by atoms with Crippen molar-refractivity contribution in [2.75, 3.05) is 46.3 Å². The fourth-order valence-corrected chi connectivity index (χ4v) is 4.39. The number of piperidine rings is 1. The summed E-state index contributed by atoms with van der Waals surface area (Å²) in [5, 5.41) is 0. The fourth-order valence-electron chi connectivity index (χ4n) is 4.39. The van der Waals surface area contributed by atoms with Gasteiger partial charge >= 0.3 is 0 Å². The summed E-state index contributed by atoms with van der Waals surface area (Å²) in [7, 11) is 2.07. The van der Waals surface area contributed by atoms with Crippen molar-refractivity contribution < 1.29 is 9.59 Å². The van der Waals surface area contributed by atoms with Gasteiger partial charge in [-0.3, -0.25) is 14.4 Å². The van der Waals surface area contributed by atoms with Gasteiger partial charge in [-0.25, -0.2) is 0 Å². The van der Waals surface area contributed by atoms with Gasteiger partial charge in [-0.1, -0.05) is 30.3 Å². The molecule has 0 saturated carbocycles. The molecule has 7 nitrogen and oxygen atoms in total. The predicted octanol–water partition coefficient (Wildman–Crippen LogP) is 1.52. The number of carbonyl (C=O) groups is 2. The summed E-state index contributed by atoms with van der Waals surface area (Å²) in [5.74, 6) is -0.0546. The van der Waals surface area contributed by atoms with Crippen LogP contribution in [0, 0.1) is 5.92 Å². The van der Waals surface area contributed by atoms with E-state index >= 15 is 0 Å². The van der Waals surface area contributed by atoms with E-state index in [0.29, 0.717) is 32.5 Å².